The van der Waals surface area contributed by atoms with Crippen molar-refractivity contribution < 1.29 is 4.79 Å². The number of carbonyl (C=O) groups excluding carboxylic acids is 1. The molecule has 4 heteroatoms. The lowest BCUT2D eigenvalue weighted by Crippen LogP contribution is -2.44. The van der Waals surface area contributed by atoms with Gasteiger partial charge in [0.05, 0.1) is 0 Å². The quantitative estimate of drug-likeness (QED) is 0.651. The van der Waals surface area contributed by atoms with E-state index in [1.165, 1.54) is 6.42 Å². The number of likely N-dealkylation sites (tertiary alicyclic amines) is 1. The lowest BCUT2D eigenvalue weighted by Gasteiger charge is -2.34. The van der Waals surface area contributed by atoms with Crippen molar-refractivity contribution in [3.8, 4) is 0 Å². The molecule has 1 saturated heterocycles. The average Bonchev–Trinajstić information content (AvgIpc) is 2.67. The van der Waals surface area contributed by atoms with Gasteiger partial charge in [-0.25, -0.2) is 9.78 Å². The van der Waals surface area contributed by atoms with Crippen LogP contribution in [0.5, 0.6) is 0 Å². The SMILES string of the molecule is CC1CC(C)CN(C(=O)n2ccnc2)C1. The van der Waals surface area contributed by atoms with Gasteiger partial charge in [0.25, 0.3) is 0 Å². The number of carbonyl (C=O) groups is 1. The average molecular weight is 207 g/mol. The molecule has 0 saturated carbocycles. The smallest absolute Gasteiger partial charge is 0.324 e. The van der Waals surface area contributed by atoms with E-state index in [2.05, 4.69) is 18.8 Å². The predicted octanol–water partition coefficient (Wildman–Crippen LogP) is 1.83. The summed E-state index contributed by atoms with van der Waals surface area (Å²) in [6.07, 6.45) is 6.11. The van der Waals surface area contributed by atoms with Crippen LogP contribution in [-0.2, 0) is 0 Å². The van der Waals surface area contributed by atoms with Crippen LogP contribution >= 0.6 is 0 Å². The molecule has 1 amide bonds. The molecule has 0 N–H and O–H groups in total. The van der Waals surface area contributed by atoms with Gasteiger partial charge >= 0.3 is 6.03 Å². The van der Waals surface area contributed by atoms with Crippen molar-refractivity contribution in [1.82, 2.24) is 14.5 Å². The predicted molar refractivity (Wildman–Crippen MR) is 57.5 cm³/mol. The summed E-state index contributed by atoms with van der Waals surface area (Å²) in [5, 5.41) is 0. The van der Waals surface area contributed by atoms with Crippen LogP contribution in [0.4, 0.5) is 4.79 Å². The van der Waals surface area contributed by atoms with Gasteiger partial charge in [0.2, 0.25) is 0 Å². The number of piperidine rings is 1. The topological polar surface area (TPSA) is 38.1 Å². The number of rotatable bonds is 0. The number of amides is 1. The van der Waals surface area contributed by atoms with Gasteiger partial charge < -0.3 is 4.90 Å². The van der Waals surface area contributed by atoms with E-state index in [1.54, 1.807) is 23.3 Å². The number of aromatic nitrogens is 2. The van der Waals surface area contributed by atoms with Gasteiger partial charge in [-0.05, 0) is 18.3 Å². The number of hydrogen-bond donors (Lipinski definition) is 0. The van der Waals surface area contributed by atoms with E-state index < -0.39 is 0 Å². The molecule has 1 aliphatic rings. The molecule has 2 unspecified atom stereocenters. The molecule has 2 rings (SSSR count). The molecule has 1 fully saturated rings. The monoisotopic (exact) mass is 207 g/mol. The molecule has 2 heterocycles. The first-order valence-corrected chi connectivity index (χ1v) is 5.44. The van der Waals surface area contributed by atoms with E-state index in [-0.39, 0.29) is 6.03 Å². The first-order chi connectivity index (χ1) is 7.16. The molecule has 0 aromatic carbocycles. The Labute approximate surface area is 89.9 Å². The van der Waals surface area contributed by atoms with Gasteiger partial charge in [-0.1, -0.05) is 13.8 Å². The van der Waals surface area contributed by atoms with Gasteiger partial charge in [-0.2, -0.15) is 0 Å². The van der Waals surface area contributed by atoms with Crippen LogP contribution < -0.4 is 0 Å². The number of imidazole rings is 1. The summed E-state index contributed by atoms with van der Waals surface area (Å²) in [5.74, 6) is 1.20. The first kappa shape index (κ1) is 10.2. The third kappa shape index (κ3) is 2.19. The van der Waals surface area contributed by atoms with Crippen LogP contribution in [0.2, 0.25) is 0 Å². The Hall–Kier alpha value is -1.32. The van der Waals surface area contributed by atoms with Crippen molar-refractivity contribution in [1.29, 1.82) is 0 Å². The highest BCUT2D eigenvalue weighted by Gasteiger charge is 2.25. The zero-order valence-corrected chi connectivity index (χ0v) is 9.26. The molecule has 1 aliphatic heterocycles. The molecule has 0 bridgehead atoms. The van der Waals surface area contributed by atoms with Crippen LogP contribution in [0.1, 0.15) is 20.3 Å². The largest absolute Gasteiger partial charge is 0.329 e. The van der Waals surface area contributed by atoms with E-state index >= 15 is 0 Å². The van der Waals surface area contributed by atoms with Crippen LogP contribution in [0.3, 0.4) is 0 Å². The molecule has 0 radical (unpaired) electrons. The van der Waals surface area contributed by atoms with Gasteiger partial charge in [0, 0.05) is 25.5 Å². The summed E-state index contributed by atoms with van der Waals surface area (Å²) in [7, 11) is 0. The van der Waals surface area contributed by atoms with E-state index in [4.69, 9.17) is 0 Å². The maximum atomic E-state index is 12.0. The summed E-state index contributed by atoms with van der Waals surface area (Å²) < 4.78 is 1.55. The van der Waals surface area contributed by atoms with Crippen LogP contribution in [-0.4, -0.2) is 33.6 Å². The second kappa shape index (κ2) is 4.04. The summed E-state index contributed by atoms with van der Waals surface area (Å²) in [6, 6.07) is 0.0471. The van der Waals surface area contributed by atoms with Crippen molar-refractivity contribution in [2.75, 3.05) is 13.1 Å². The molecule has 82 valence electrons. The fraction of sp³-hybridized carbons (Fsp3) is 0.636. The number of nitrogens with zero attached hydrogens (tertiary/aromatic N) is 3. The summed E-state index contributed by atoms with van der Waals surface area (Å²) >= 11 is 0. The second-order valence-corrected chi connectivity index (χ2v) is 4.60. The zero-order chi connectivity index (χ0) is 10.8. The highest BCUT2D eigenvalue weighted by atomic mass is 16.2. The maximum absolute atomic E-state index is 12.0. The maximum Gasteiger partial charge on any atom is 0.329 e. The zero-order valence-electron chi connectivity index (χ0n) is 9.26. The van der Waals surface area contributed by atoms with Crippen LogP contribution in [0.25, 0.3) is 0 Å². The van der Waals surface area contributed by atoms with Crippen molar-refractivity contribution in [3.63, 3.8) is 0 Å². The lowest BCUT2D eigenvalue weighted by molar-refractivity contribution is 0.147. The molecule has 15 heavy (non-hydrogen) atoms. The van der Waals surface area contributed by atoms with Crippen LogP contribution in [0.15, 0.2) is 18.7 Å². The third-order valence-electron chi connectivity index (χ3n) is 2.86. The highest BCUT2D eigenvalue weighted by molar-refractivity contribution is 5.76. The second-order valence-electron chi connectivity index (χ2n) is 4.60. The van der Waals surface area contributed by atoms with Gasteiger partial charge in [-0.3, -0.25) is 4.57 Å². The van der Waals surface area contributed by atoms with Crippen molar-refractivity contribution in [2.24, 2.45) is 11.8 Å². The summed E-state index contributed by atoms with van der Waals surface area (Å²) in [5.41, 5.74) is 0. The highest BCUT2D eigenvalue weighted by Crippen LogP contribution is 2.21. The minimum absolute atomic E-state index is 0.0471. The van der Waals surface area contributed by atoms with E-state index in [0.717, 1.165) is 13.1 Å². The molecule has 1 aromatic rings. The van der Waals surface area contributed by atoms with Gasteiger partial charge in [0.1, 0.15) is 6.33 Å². The fourth-order valence-corrected chi connectivity index (χ4v) is 2.35. The Morgan fingerprint density at radius 2 is 2.00 bits per heavy atom. The standard InChI is InChI=1S/C11H17N3O/c1-9-5-10(2)7-14(6-9)11(15)13-4-3-12-8-13/h3-4,8-10H,5-7H2,1-2H3. The van der Waals surface area contributed by atoms with Gasteiger partial charge in [0.15, 0.2) is 0 Å². The summed E-state index contributed by atoms with van der Waals surface area (Å²) in [4.78, 5) is 17.8. The third-order valence-corrected chi connectivity index (χ3v) is 2.86. The molecular formula is C11H17N3O. The van der Waals surface area contributed by atoms with E-state index in [9.17, 15) is 4.79 Å². The molecule has 4 nitrogen and oxygen atoms in total. The number of hydrogen-bond acceptors (Lipinski definition) is 2. The Bertz CT molecular complexity index is 324. The molecule has 0 spiro atoms. The van der Waals surface area contributed by atoms with Crippen molar-refractivity contribution in [2.45, 2.75) is 20.3 Å². The normalized spacial score (nSPS) is 26.7. The van der Waals surface area contributed by atoms with E-state index in [0.29, 0.717) is 11.8 Å². The molecular weight excluding hydrogens is 190 g/mol. The lowest BCUT2D eigenvalue weighted by atomic mass is 9.92. The van der Waals surface area contributed by atoms with E-state index in [1.807, 2.05) is 4.90 Å². The Kier molecular flexibility index (Phi) is 2.75. The molecule has 1 aromatic heterocycles. The van der Waals surface area contributed by atoms with Gasteiger partial charge in [-0.15, -0.1) is 0 Å². The van der Waals surface area contributed by atoms with Crippen molar-refractivity contribution in [3.05, 3.63) is 18.7 Å². The molecule has 2 atom stereocenters. The summed E-state index contributed by atoms with van der Waals surface area (Å²) in [6.45, 7) is 6.12. The Morgan fingerprint density at radius 1 is 1.33 bits per heavy atom. The van der Waals surface area contributed by atoms with Crippen LogP contribution in [0, 0.1) is 11.8 Å². The fourth-order valence-electron chi connectivity index (χ4n) is 2.35. The first-order valence-electron chi connectivity index (χ1n) is 5.44. The Balaban J connectivity index is 2.07. The minimum Gasteiger partial charge on any atom is -0.324 e. The van der Waals surface area contributed by atoms with Crippen molar-refractivity contribution >= 4 is 6.03 Å². The molecule has 0 aliphatic carbocycles. The minimum atomic E-state index is 0.0471. The Morgan fingerprint density at radius 3 is 2.53 bits per heavy atom.